The fraction of sp³-hybridized carbons (Fsp3) is 0.846. The molecule has 6 heteroatoms. The number of hydrogen-bond donors (Lipinski definition) is 3. The van der Waals surface area contributed by atoms with E-state index in [-0.39, 0.29) is 17.9 Å². The van der Waals surface area contributed by atoms with Gasteiger partial charge in [-0.3, -0.25) is 4.79 Å². The number of rotatable bonds is 6. The predicted octanol–water partition coefficient (Wildman–Crippen LogP) is 0.882. The van der Waals surface area contributed by atoms with E-state index in [0.717, 1.165) is 32.6 Å². The zero-order valence-corrected chi connectivity index (χ0v) is 11.9. The summed E-state index contributed by atoms with van der Waals surface area (Å²) in [5.41, 5.74) is -0.0604. The molecule has 1 heterocycles. The lowest BCUT2D eigenvalue weighted by molar-refractivity contribution is -0.137. The number of hydrogen-bond acceptors (Lipinski definition) is 3. The quantitative estimate of drug-likeness (QED) is 0.670. The van der Waals surface area contributed by atoms with Crippen molar-refractivity contribution in [1.29, 1.82) is 0 Å². The van der Waals surface area contributed by atoms with Crippen molar-refractivity contribution in [3.8, 4) is 0 Å². The minimum atomic E-state index is -0.766. The molecule has 0 aromatic heterocycles. The first kappa shape index (κ1) is 15.8. The first-order chi connectivity index (χ1) is 8.91. The molecule has 1 aliphatic heterocycles. The summed E-state index contributed by atoms with van der Waals surface area (Å²) in [5, 5.41) is 14.8. The summed E-state index contributed by atoms with van der Waals surface area (Å²) in [5.74, 6) is -0.766. The van der Waals surface area contributed by atoms with Crippen molar-refractivity contribution in [3.63, 3.8) is 0 Å². The number of carbonyl (C=O) groups excluding carboxylic acids is 1. The number of carboxylic acid groups (broad SMARTS) is 1. The second-order valence-corrected chi connectivity index (χ2v) is 5.78. The van der Waals surface area contributed by atoms with Gasteiger partial charge in [0.15, 0.2) is 0 Å². The van der Waals surface area contributed by atoms with Gasteiger partial charge < -0.3 is 20.6 Å². The molecule has 0 spiro atoms. The van der Waals surface area contributed by atoms with Crippen molar-refractivity contribution in [2.75, 3.05) is 32.7 Å². The van der Waals surface area contributed by atoms with Gasteiger partial charge in [0.2, 0.25) is 0 Å². The van der Waals surface area contributed by atoms with Crippen molar-refractivity contribution in [1.82, 2.24) is 15.5 Å². The molecular formula is C13H25N3O3. The van der Waals surface area contributed by atoms with Gasteiger partial charge in [-0.25, -0.2) is 4.79 Å². The van der Waals surface area contributed by atoms with E-state index >= 15 is 0 Å². The lowest BCUT2D eigenvalue weighted by Crippen LogP contribution is -2.50. The molecule has 19 heavy (non-hydrogen) atoms. The lowest BCUT2D eigenvalue weighted by Gasteiger charge is -2.29. The van der Waals surface area contributed by atoms with Crippen LogP contribution in [0, 0.1) is 5.41 Å². The molecule has 0 radical (unpaired) electrons. The third-order valence-electron chi connectivity index (χ3n) is 3.50. The summed E-state index contributed by atoms with van der Waals surface area (Å²) in [6, 6.07) is -0.0180. The molecule has 2 amide bonds. The molecule has 110 valence electrons. The average Bonchev–Trinajstić information content (AvgIpc) is 2.37. The number of nitrogens with one attached hydrogen (secondary N) is 2. The molecule has 3 N–H and O–H groups in total. The van der Waals surface area contributed by atoms with E-state index in [1.807, 2.05) is 13.8 Å². The molecule has 0 aromatic carbocycles. The van der Waals surface area contributed by atoms with Crippen LogP contribution in [0.4, 0.5) is 4.79 Å². The molecule has 1 saturated heterocycles. The van der Waals surface area contributed by atoms with Crippen LogP contribution in [0.2, 0.25) is 0 Å². The lowest BCUT2D eigenvalue weighted by atomic mass is 9.84. The minimum Gasteiger partial charge on any atom is -0.481 e. The molecule has 0 unspecified atom stereocenters. The van der Waals surface area contributed by atoms with Gasteiger partial charge in [0.1, 0.15) is 0 Å². The molecule has 1 fully saturated rings. The Morgan fingerprint density at radius 2 is 1.89 bits per heavy atom. The topological polar surface area (TPSA) is 81.7 Å². The summed E-state index contributed by atoms with van der Waals surface area (Å²) in [7, 11) is 0. The van der Waals surface area contributed by atoms with E-state index in [0.29, 0.717) is 13.0 Å². The number of amides is 2. The minimum absolute atomic E-state index is 0.0180. The summed E-state index contributed by atoms with van der Waals surface area (Å²) in [6.07, 6.45) is 1.60. The van der Waals surface area contributed by atoms with Gasteiger partial charge in [-0.15, -0.1) is 0 Å². The van der Waals surface area contributed by atoms with Gasteiger partial charge in [0, 0.05) is 39.1 Å². The zero-order valence-electron chi connectivity index (χ0n) is 11.9. The van der Waals surface area contributed by atoms with Crippen molar-refractivity contribution in [2.24, 2.45) is 5.41 Å². The van der Waals surface area contributed by atoms with Crippen LogP contribution in [0.5, 0.6) is 0 Å². The molecular weight excluding hydrogens is 246 g/mol. The highest BCUT2D eigenvalue weighted by molar-refractivity contribution is 5.74. The van der Waals surface area contributed by atoms with E-state index in [1.54, 1.807) is 4.90 Å². The fourth-order valence-corrected chi connectivity index (χ4v) is 2.06. The van der Waals surface area contributed by atoms with Crippen LogP contribution in [-0.2, 0) is 4.79 Å². The number of carboxylic acids is 1. The first-order valence-electron chi connectivity index (χ1n) is 6.86. The highest BCUT2D eigenvalue weighted by Gasteiger charge is 2.20. The van der Waals surface area contributed by atoms with Crippen LogP contribution in [0.1, 0.15) is 33.1 Å². The number of piperazine rings is 1. The van der Waals surface area contributed by atoms with Gasteiger partial charge in [-0.2, -0.15) is 0 Å². The largest absolute Gasteiger partial charge is 0.481 e. The Bertz CT molecular complexity index is 312. The Balaban J connectivity index is 2.20. The monoisotopic (exact) mass is 271 g/mol. The SMILES string of the molecule is CC(C)(CCNC(=O)N1CCNCC1)CCC(=O)O. The Kier molecular flexibility index (Phi) is 6.08. The van der Waals surface area contributed by atoms with Crippen molar-refractivity contribution < 1.29 is 14.7 Å². The van der Waals surface area contributed by atoms with Gasteiger partial charge in [-0.1, -0.05) is 13.8 Å². The highest BCUT2D eigenvalue weighted by Crippen LogP contribution is 2.25. The standard InChI is InChI=1S/C13H25N3O3/c1-13(2,4-3-11(17)18)5-6-15-12(19)16-9-7-14-8-10-16/h14H,3-10H2,1-2H3,(H,15,19)(H,17,18). The highest BCUT2D eigenvalue weighted by atomic mass is 16.4. The Morgan fingerprint density at radius 3 is 2.47 bits per heavy atom. The number of nitrogens with zero attached hydrogens (tertiary/aromatic N) is 1. The van der Waals surface area contributed by atoms with E-state index in [9.17, 15) is 9.59 Å². The van der Waals surface area contributed by atoms with E-state index in [4.69, 9.17) is 5.11 Å². The van der Waals surface area contributed by atoms with Gasteiger partial charge >= 0.3 is 12.0 Å². The van der Waals surface area contributed by atoms with Crippen molar-refractivity contribution in [3.05, 3.63) is 0 Å². The van der Waals surface area contributed by atoms with E-state index in [1.165, 1.54) is 0 Å². The van der Waals surface area contributed by atoms with Crippen LogP contribution >= 0.6 is 0 Å². The van der Waals surface area contributed by atoms with Gasteiger partial charge in [0.05, 0.1) is 0 Å². The molecule has 0 aromatic rings. The zero-order chi connectivity index (χ0) is 14.3. The molecule has 6 nitrogen and oxygen atoms in total. The third kappa shape index (κ3) is 6.42. The first-order valence-corrected chi connectivity index (χ1v) is 6.86. The molecule has 0 atom stereocenters. The van der Waals surface area contributed by atoms with Crippen molar-refractivity contribution in [2.45, 2.75) is 33.1 Å². The van der Waals surface area contributed by atoms with Gasteiger partial charge in [0.25, 0.3) is 0 Å². The Hall–Kier alpha value is -1.30. The summed E-state index contributed by atoms with van der Waals surface area (Å²) in [6.45, 7) is 7.84. The summed E-state index contributed by atoms with van der Waals surface area (Å²) >= 11 is 0. The number of urea groups is 1. The average molecular weight is 271 g/mol. The van der Waals surface area contributed by atoms with Crippen molar-refractivity contribution >= 4 is 12.0 Å². The second kappa shape index (κ2) is 7.33. The molecule has 0 bridgehead atoms. The summed E-state index contributed by atoms with van der Waals surface area (Å²) in [4.78, 5) is 24.2. The van der Waals surface area contributed by atoms with Crippen LogP contribution in [0.15, 0.2) is 0 Å². The number of aliphatic carboxylic acids is 1. The molecule has 1 rings (SSSR count). The molecule has 0 saturated carbocycles. The molecule has 1 aliphatic rings. The maximum absolute atomic E-state index is 11.8. The Morgan fingerprint density at radius 1 is 1.26 bits per heavy atom. The smallest absolute Gasteiger partial charge is 0.317 e. The maximum atomic E-state index is 11.8. The summed E-state index contributed by atoms with van der Waals surface area (Å²) < 4.78 is 0. The van der Waals surface area contributed by atoms with Crippen LogP contribution in [-0.4, -0.2) is 54.7 Å². The molecule has 0 aliphatic carbocycles. The van der Waals surface area contributed by atoms with Crippen LogP contribution in [0.3, 0.4) is 0 Å². The van der Waals surface area contributed by atoms with Gasteiger partial charge in [-0.05, 0) is 18.3 Å². The third-order valence-corrected chi connectivity index (χ3v) is 3.50. The second-order valence-electron chi connectivity index (χ2n) is 5.78. The van der Waals surface area contributed by atoms with Crippen LogP contribution in [0.25, 0.3) is 0 Å². The fourth-order valence-electron chi connectivity index (χ4n) is 2.06. The van der Waals surface area contributed by atoms with Crippen LogP contribution < -0.4 is 10.6 Å². The maximum Gasteiger partial charge on any atom is 0.317 e. The predicted molar refractivity (Wildman–Crippen MR) is 73.1 cm³/mol. The van der Waals surface area contributed by atoms with E-state index in [2.05, 4.69) is 10.6 Å². The number of carbonyl (C=O) groups is 2. The normalized spacial score (nSPS) is 16.2. The Labute approximate surface area is 114 Å². The van der Waals surface area contributed by atoms with E-state index < -0.39 is 5.97 Å².